The van der Waals surface area contributed by atoms with E-state index in [2.05, 4.69) is 35.1 Å². The summed E-state index contributed by atoms with van der Waals surface area (Å²) in [6, 6.07) is 2.65. The molecule has 0 spiro atoms. The van der Waals surface area contributed by atoms with Crippen molar-refractivity contribution in [1.29, 1.82) is 0 Å². The number of nitrogens with zero attached hydrogens (tertiary/aromatic N) is 2. The summed E-state index contributed by atoms with van der Waals surface area (Å²) in [7, 11) is 2.08. The van der Waals surface area contributed by atoms with Crippen molar-refractivity contribution in [3.63, 3.8) is 0 Å². The van der Waals surface area contributed by atoms with E-state index < -0.39 is 0 Å². The van der Waals surface area contributed by atoms with Gasteiger partial charge in [0.05, 0.1) is 5.69 Å². The van der Waals surface area contributed by atoms with Gasteiger partial charge in [-0.25, -0.2) is 0 Å². The van der Waals surface area contributed by atoms with Crippen LogP contribution >= 0.6 is 0 Å². The van der Waals surface area contributed by atoms with Crippen molar-refractivity contribution in [3.05, 3.63) is 18.0 Å². The lowest BCUT2D eigenvalue weighted by Gasteiger charge is -2.24. The molecule has 1 unspecified atom stereocenters. The molecule has 3 nitrogen and oxygen atoms in total. The first kappa shape index (κ1) is 14.6. The minimum Gasteiger partial charge on any atom is -0.312 e. The number of aryl methyl sites for hydroxylation is 1. The fourth-order valence-electron chi connectivity index (χ4n) is 3.36. The van der Waals surface area contributed by atoms with Crippen molar-refractivity contribution in [2.75, 3.05) is 7.05 Å². The third kappa shape index (κ3) is 4.07. The molecule has 3 heteroatoms. The Hall–Kier alpha value is -0.830. The smallest absolute Gasteiger partial charge is 0.0553 e. The fraction of sp³-hybridized carbons (Fsp3) is 0.812. The number of hydrogen-bond acceptors (Lipinski definition) is 2. The molecule has 1 aliphatic rings. The van der Waals surface area contributed by atoms with Gasteiger partial charge in [-0.2, -0.15) is 5.10 Å². The van der Waals surface area contributed by atoms with E-state index in [4.69, 9.17) is 0 Å². The molecule has 0 aliphatic heterocycles. The van der Waals surface area contributed by atoms with E-state index in [0.29, 0.717) is 6.04 Å². The molecule has 2 rings (SSSR count). The van der Waals surface area contributed by atoms with Gasteiger partial charge < -0.3 is 5.32 Å². The zero-order chi connectivity index (χ0) is 13.5. The molecule has 108 valence electrons. The van der Waals surface area contributed by atoms with Gasteiger partial charge >= 0.3 is 0 Å². The highest BCUT2D eigenvalue weighted by molar-refractivity contribution is 5.07. The largest absolute Gasteiger partial charge is 0.312 e. The molecule has 1 fully saturated rings. The molecule has 19 heavy (non-hydrogen) atoms. The standard InChI is InChI=1S/C16H29N3/c1-3-13-19-16(11-12-18-19)15(17-2)10-9-14-7-5-4-6-8-14/h11-12,14-15,17H,3-10,13H2,1-2H3. The van der Waals surface area contributed by atoms with E-state index in [1.165, 1.54) is 50.6 Å². The number of rotatable bonds is 7. The van der Waals surface area contributed by atoms with Crippen LogP contribution in [0, 0.1) is 5.92 Å². The molecular formula is C16H29N3. The van der Waals surface area contributed by atoms with Crippen LogP contribution in [-0.2, 0) is 6.54 Å². The minimum atomic E-state index is 0.468. The Balaban J connectivity index is 1.89. The normalized spacial score (nSPS) is 18.6. The summed E-state index contributed by atoms with van der Waals surface area (Å²) in [4.78, 5) is 0. The van der Waals surface area contributed by atoms with Crippen LogP contribution in [0.4, 0.5) is 0 Å². The molecule has 1 aromatic heterocycles. The number of hydrogen-bond donors (Lipinski definition) is 1. The summed E-state index contributed by atoms with van der Waals surface area (Å²) < 4.78 is 2.17. The molecule has 1 heterocycles. The first-order valence-corrected chi connectivity index (χ1v) is 8.04. The van der Waals surface area contributed by atoms with Gasteiger partial charge in [-0.1, -0.05) is 39.0 Å². The second kappa shape index (κ2) is 7.68. The van der Waals surface area contributed by atoms with Gasteiger partial charge in [0.25, 0.3) is 0 Å². The fourth-order valence-corrected chi connectivity index (χ4v) is 3.36. The molecule has 1 atom stereocenters. The monoisotopic (exact) mass is 263 g/mol. The van der Waals surface area contributed by atoms with Gasteiger partial charge in [0.15, 0.2) is 0 Å². The van der Waals surface area contributed by atoms with Crippen molar-refractivity contribution in [1.82, 2.24) is 15.1 Å². The highest BCUT2D eigenvalue weighted by atomic mass is 15.3. The summed E-state index contributed by atoms with van der Waals surface area (Å²) in [5, 5.41) is 7.93. The van der Waals surface area contributed by atoms with E-state index in [1.54, 1.807) is 0 Å². The minimum absolute atomic E-state index is 0.468. The van der Waals surface area contributed by atoms with Crippen LogP contribution in [0.2, 0.25) is 0 Å². The molecule has 0 amide bonds. The lowest BCUT2D eigenvalue weighted by atomic mass is 9.85. The highest BCUT2D eigenvalue weighted by Gasteiger charge is 2.18. The second-order valence-electron chi connectivity index (χ2n) is 5.90. The Kier molecular flexibility index (Phi) is 5.90. The average molecular weight is 263 g/mol. The summed E-state index contributed by atoms with van der Waals surface area (Å²) in [6.07, 6.45) is 12.9. The summed E-state index contributed by atoms with van der Waals surface area (Å²) in [5.41, 5.74) is 1.36. The topological polar surface area (TPSA) is 29.9 Å². The maximum Gasteiger partial charge on any atom is 0.0553 e. The molecule has 1 aliphatic carbocycles. The van der Waals surface area contributed by atoms with Crippen LogP contribution in [0.3, 0.4) is 0 Å². The van der Waals surface area contributed by atoms with E-state index in [-0.39, 0.29) is 0 Å². The Morgan fingerprint density at radius 3 is 2.84 bits per heavy atom. The van der Waals surface area contributed by atoms with E-state index in [0.717, 1.165) is 18.9 Å². The predicted molar refractivity (Wildman–Crippen MR) is 80.1 cm³/mol. The third-order valence-corrected chi connectivity index (χ3v) is 4.48. The molecule has 1 aromatic rings. The first-order chi connectivity index (χ1) is 9.35. The van der Waals surface area contributed by atoms with Crippen molar-refractivity contribution in [3.8, 4) is 0 Å². The highest BCUT2D eigenvalue weighted by Crippen LogP contribution is 2.30. The number of nitrogens with one attached hydrogen (secondary N) is 1. The van der Waals surface area contributed by atoms with Gasteiger partial charge in [-0.3, -0.25) is 4.68 Å². The lowest BCUT2D eigenvalue weighted by molar-refractivity contribution is 0.313. The molecule has 0 saturated heterocycles. The Morgan fingerprint density at radius 1 is 1.37 bits per heavy atom. The lowest BCUT2D eigenvalue weighted by Crippen LogP contribution is -2.22. The van der Waals surface area contributed by atoms with Crippen LogP contribution in [-0.4, -0.2) is 16.8 Å². The summed E-state index contributed by atoms with van der Waals surface area (Å²) in [6.45, 7) is 3.24. The van der Waals surface area contributed by atoms with Gasteiger partial charge in [-0.05, 0) is 38.3 Å². The van der Waals surface area contributed by atoms with Crippen molar-refractivity contribution in [2.24, 2.45) is 5.92 Å². The SMILES string of the molecule is CCCn1nccc1C(CCC1CCCCC1)NC. The Bertz CT molecular complexity index is 353. The van der Waals surface area contributed by atoms with Gasteiger partial charge in [-0.15, -0.1) is 0 Å². The van der Waals surface area contributed by atoms with Crippen LogP contribution in [0.15, 0.2) is 12.3 Å². The maximum absolute atomic E-state index is 4.45. The van der Waals surface area contributed by atoms with E-state index in [9.17, 15) is 0 Å². The third-order valence-electron chi connectivity index (χ3n) is 4.48. The molecular weight excluding hydrogens is 234 g/mol. The quantitative estimate of drug-likeness (QED) is 0.808. The van der Waals surface area contributed by atoms with E-state index in [1.807, 2.05) is 6.20 Å². The van der Waals surface area contributed by atoms with Crippen LogP contribution in [0.25, 0.3) is 0 Å². The Labute approximate surface area is 117 Å². The van der Waals surface area contributed by atoms with Gasteiger partial charge in [0.2, 0.25) is 0 Å². The van der Waals surface area contributed by atoms with Crippen molar-refractivity contribution in [2.45, 2.75) is 70.9 Å². The molecule has 1 N–H and O–H groups in total. The van der Waals surface area contributed by atoms with E-state index >= 15 is 0 Å². The second-order valence-corrected chi connectivity index (χ2v) is 5.90. The maximum atomic E-state index is 4.45. The molecule has 0 aromatic carbocycles. The number of aromatic nitrogens is 2. The molecule has 0 bridgehead atoms. The first-order valence-electron chi connectivity index (χ1n) is 8.04. The average Bonchev–Trinajstić information content (AvgIpc) is 2.90. The van der Waals surface area contributed by atoms with Gasteiger partial charge in [0, 0.05) is 18.8 Å². The zero-order valence-electron chi connectivity index (χ0n) is 12.6. The zero-order valence-corrected chi connectivity index (χ0v) is 12.6. The summed E-state index contributed by atoms with van der Waals surface area (Å²) >= 11 is 0. The van der Waals surface area contributed by atoms with Gasteiger partial charge in [0.1, 0.15) is 0 Å². The molecule has 1 saturated carbocycles. The Morgan fingerprint density at radius 2 is 2.16 bits per heavy atom. The van der Waals surface area contributed by atoms with Crippen LogP contribution in [0.1, 0.15) is 70.0 Å². The van der Waals surface area contributed by atoms with Crippen LogP contribution < -0.4 is 5.32 Å². The predicted octanol–water partition coefficient (Wildman–Crippen LogP) is 3.91. The summed E-state index contributed by atoms with van der Waals surface area (Å²) in [5.74, 6) is 0.965. The van der Waals surface area contributed by atoms with Crippen molar-refractivity contribution >= 4 is 0 Å². The van der Waals surface area contributed by atoms with Crippen LogP contribution in [0.5, 0.6) is 0 Å². The van der Waals surface area contributed by atoms with Crippen molar-refractivity contribution < 1.29 is 0 Å². The molecule has 0 radical (unpaired) electrons.